The fourth-order valence-corrected chi connectivity index (χ4v) is 2.50. The lowest BCUT2D eigenvalue weighted by atomic mass is 10.2. The van der Waals surface area contributed by atoms with E-state index in [9.17, 15) is 14.9 Å². The van der Waals surface area contributed by atoms with E-state index in [1.807, 2.05) is 11.8 Å². The molecule has 1 fully saturated rings. The summed E-state index contributed by atoms with van der Waals surface area (Å²) in [7, 11) is 0. The molecule has 0 atom stereocenters. The van der Waals surface area contributed by atoms with Crippen molar-refractivity contribution >= 4 is 34.6 Å². The summed E-state index contributed by atoms with van der Waals surface area (Å²) < 4.78 is 5.26. The van der Waals surface area contributed by atoms with Crippen molar-refractivity contribution in [3.63, 3.8) is 0 Å². The number of hydrogen-bond acceptors (Lipinski definition) is 5. The first-order valence-corrected chi connectivity index (χ1v) is 7.51. The maximum Gasteiger partial charge on any atom is 0.294 e. The van der Waals surface area contributed by atoms with Crippen LogP contribution >= 0.6 is 11.6 Å². The second kappa shape index (κ2) is 7.42. The zero-order valence-corrected chi connectivity index (χ0v) is 13.1. The van der Waals surface area contributed by atoms with Gasteiger partial charge in [-0.2, -0.15) is 0 Å². The Bertz CT molecular complexity index is 573. The number of nitrogens with one attached hydrogen (secondary N) is 1. The zero-order valence-electron chi connectivity index (χ0n) is 12.3. The van der Waals surface area contributed by atoms with Crippen molar-refractivity contribution in [1.82, 2.24) is 0 Å². The van der Waals surface area contributed by atoms with Gasteiger partial charge in [0.05, 0.1) is 28.8 Å². The normalized spacial score (nSPS) is 14.7. The predicted octanol–water partition coefficient (Wildman–Crippen LogP) is 2.82. The molecule has 0 aromatic heterocycles. The van der Waals surface area contributed by atoms with E-state index < -0.39 is 4.92 Å². The SMILES string of the molecule is CCCC(=O)Nc1cc(N2CCOCC2)c([N+](=O)[O-])cc1Cl. The molecule has 1 amide bonds. The molecule has 0 aliphatic carbocycles. The number of morpholine rings is 1. The highest BCUT2D eigenvalue weighted by Gasteiger charge is 2.24. The Hall–Kier alpha value is -1.86. The highest BCUT2D eigenvalue weighted by molar-refractivity contribution is 6.34. The molecule has 1 N–H and O–H groups in total. The molecule has 7 nitrogen and oxygen atoms in total. The first kappa shape index (κ1) is 16.5. The van der Waals surface area contributed by atoms with Crippen LogP contribution in [0.25, 0.3) is 0 Å². The van der Waals surface area contributed by atoms with E-state index >= 15 is 0 Å². The van der Waals surface area contributed by atoms with Crippen LogP contribution in [0.15, 0.2) is 12.1 Å². The molecule has 1 aliphatic heterocycles. The highest BCUT2D eigenvalue weighted by Crippen LogP contribution is 2.37. The molecule has 1 aromatic carbocycles. The second-order valence-electron chi connectivity index (χ2n) is 4.98. The largest absolute Gasteiger partial charge is 0.378 e. The van der Waals surface area contributed by atoms with E-state index in [-0.39, 0.29) is 16.6 Å². The average Bonchev–Trinajstić information content (AvgIpc) is 2.50. The zero-order chi connectivity index (χ0) is 16.1. The van der Waals surface area contributed by atoms with Gasteiger partial charge in [-0.3, -0.25) is 14.9 Å². The first-order valence-electron chi connectivity index (χ1n) is 7.13. The van der Waals surface area contributed by atoms with Gasteiger partial charge < -0.3 is 15.0 Å². The van der Waals surface area contributed by atoms with Crippen molar-refractivity contribution in [2.24, 2.45) is 0 Å². The molecule has 1 heterocycles. The summed E-state index contributed by atoms with van der Waals surface area (Å²) in [6.07, 6.45) is 1.09. The van der Waals surface area contributed by atoms with Crippen LogP contribution in [0.3, 0.4) is 0 Å². The molecule has 120 valence electrons. The summed E-state index contributed by atoms with van der Waals surface area (Å²) >= 11 is 6.07. The van der Waals surface area contributed by atoms with Crippen LogP contribution in [-0.2, 0) is 9.53 Å². The number of nitro groups is 1. The maximum absolute atomic E-state index is 11.7. The summed E-state index contributed by atoms with van der Waals surface area (Å²) in [6.45, 7) is 4.04. The second-order valence-corrected chi connectivity index (χ2v) is 5.38. The van der Waals surface area contributed by atoms with Gasteiger partial charge in [-0.15, -0.1) is 0 Å². The van der Waals surface area contributed by atoms with E-state index in [0.29, 0.717) is 50.5 Å². The van der Waals surface area contributed by atoms with E-state index in [4.69, 9.17) is 16.3 Å². The van der Waals surface area contributed by atoms with Gasteiger partial charge in [0.25, 0.3) is 5.69 Å². The summed E-state index contributed by atoms with van der Waals surface area (Å²) in [4.78, 5) is 24.4. The fraction of sp³-hybridized carbons (Fsp3) is 0.500. The van der Waals surface area contributed by atoms with Crippen LogP contribution in [0.2, 0.25) is 5.02 Å². The van der Waals surface area contributed by atoms with E-state index in [0.717, 1.165) is 0 Å². The van der Waals surface area contributed by atoms with Crippen molar-refractivity contribution in [1.29, 1.82) is 0 Å². The number of carbonyl (C=O) groups is 1. The standard InChI is InChI=1S/C14H18ClN3O4/c1-2-3-14(19)16-11-9-12(17-4-6-22-7-5-17)13(18(20)21)8-10(11)15/h8-9H,2-7H2,1H3,(H,16,19). The minimum Gasteiger partial charge on any atom is -0.378 e. The minimum absolute atomic E-state index is 0.0691. The summed E-state index contributed by atoms with van der Waals surface area (Å²) in [5, 5.41) is 14.1. The molecule has 1 aromatic rings. The van der Waals surface area contributed by atoms with Crippen LogP contribution in [0.4, 0.5) is 17.1 Å². The number of amides is 1. The number of benzene rings is 1. The molecule has 0 bridgehead atoms. The van der Waals surface area contributed by atoms with Gasteiger partial charge in [-0.25, -0.2) is 0 Å². The average molecular weight is 328 g/mol. The predicted molar refractivity (Wildman–Crippen MR) is 84.7 cm³/mol. The van der Waals surface area contributed by atoms with Crippen molar-refractivity contribution in [3.05, 3.63) is 27.3 Å². The molecule has 0 spiro atoms. The quantitative estimate of drug-likeness (QED) is 0.664. The van der Waals surface area contributed by atoms with Crippen molar-refractivity contribution in [3.8, 4) is 0 Å². The number of anilines is 2. The highest BCUT2D eigenvalue weighted by atomic mass is 35.5. The van der Waals surface area contributed by atoms with Gasteiger partial charge in [-0.05, 0) is 12.5 Å². The third kappa shape index (κ3) is 3.86. The Kier molecular flexibility index (Phi) is 5.57. The molecular weight excluding hydrogens is 310 g/mol. The molecular formula is C14H18ClN3O4. The van der Waals surface area contributed by atoms with Crippen molar-refractivity contribution in [2.75, 3.05) is 36.5 Å². The van der Waals surface area contributed by atoms with Crippen molar-refractivity contribution < 1.29 is 14.5 Å². The lowest BCUT2D eigenvalue weighted by Gasteiger charge is -2.29. The molecule has 8 heteroatoms. The third-order valence-electron chi connectivity index (χ3n) is 3.36. The Morgan fingerprint density at radius 3 is 2.73 bits per heavy atom. The van der Waals surface area contributed by atoms with Gasteiger partial charge in [0.1, 0.15) is 5.69 Å². The van der Waals surface area contributed by atoms with Gasteiger partial charge in [0, 0.05) is 25.6 Å². The van der Waals surface area contributed by atoms with Crippen molar-refractivity contribution in [2.45, 2.75) is 19.8 Å². The molecule has 1 saturated heterocycles. The maximum atomic E-state index is 11.7. The number of rotatable bonds is 5. The van der Waals surface area contributed by atoms with Crippen LogP contribution in [0.5, 0.6) is 0 Å². The number of nitro benzene ring substituents is 1. The lowest BCUT2D eigenvalue weighted by molar-refractivity contribution is -0.384. The molecule has 0 unspecified atom stereocenters. The number of hydrogen-bond donors (Lipinski definition) is 1. The Morgan fingerprint density at radius 2 is 2.14 bits per heavy atom. The van der Waals surface area contributed by atoms with Gasteiger partial charge in [-0.1, -0.05) is 18.5 Å². The number of halogens is 1. The fourth-order valence-electron chi connectivity index (χ4n) is 2.29. The van der Waals surface area contributed by atoms with Crippen LogP contribution in [-0.4, -0.2) is 37.1 Å². The Labute approximate surface area is 133 Å². The van der Waals surface area contributed by atoms with Gasteiger partial charge in [0.2, 0.25) is 5.91 Å². The van der Waals surface area contributed by atoms with Gasteiger partial charge in [0.15, 0.2) is 0 Å². The number of carbonyl (C=O) groups excluding carboxylic acids is 1. The minimum atomic E-state index is -0.464. The topological polar surface area (TPSA) is 84.7 Å². The molecule has 0 radical (unpaired) electrons. The molecule has 2 rings (SSSR count). The van der Waals surface area contributed by atoms with Crippen LogP contribution < -0.4 is 10.2 Å². The van der Waals surface area contributed by atoms with E-state index in [1.165, 1.54) is 6.07 Å². The third-order valence-corrected chi connectivity index (χ3v) is 3.68. The van der Waals surface area contributed by atoms with Crippen LogP contribution in [0, 0.1) is 10.1 Å². The van der Waals surface area contributed by atoms with Crippen LogP contribution in [0.1, 0.15) is 19.8 Å². The summed E-state index contributed by atoms with van der Waals surface area (Å²) in [6, 6.07) is 2.85. The molecule has 22 heavy (non-hydrogen) atoms. The molecule has 1 aliphatic rings. The summed E-state index contributed by atoms with van der Waals surface area (Å²) in [5.41, 5.74) is 0.775. The van der Waals surface area contributed by atoms with E-state index in [2.05, 4.69) is 5.32 Å². The first-order chi connectivity index (χ1) is 10.5. The van der Waals surface area contributed by atoms with E-state index in [1.54, 1.807) is 6.07 Å². The monoisotopic (exact) mass is 327 g/mol. The lowest BCUT2D eigenvalue weighted by Crippen LogP contribution is -2.36. The molecule has 0 saturated carbocycles. The summed E-state index contributed by atoms with van der Waals surface area (Å²) in [5.74, 6) is -0.161. The number of nitrogens with zero attached hydrogens (tertiary/aromatic N) is 2. The number of ether oxygens (including phenoxy) is 1. The van der Waals surface area contributed by atoms with Gasteiger partial charge >= 0.3 is 0 Å². The smallest absolute Gasteiger partial charge is 0.294 e. The Morgan fingerprint density at radius 1 is 1.45 bits per heavy atom. The Balaban J connectivity index is 2.35.